The van der Waals surface area contributed by atoms with Gasteiger partial charge in [0.1, 0.15) is 0 Å². The lowest BCUT2D eigenvalue weighted by Gasteiger charge is -2.03. The first kappa shape index (κ1) is 10.9. The highest BCUT2D eigenvalue weighted by Crippen LogP contribution is 2.53. The Morgan fingerprint density at radius 2 is 2.17 bits per heavy atom. The van der Waals surface area contributed by atoms with E-state index >= 15 is 0 Å². The van der Waals surface area contributed by atoms with Gasteiger partial charge < -0.3 is 20.9 Å². The average molecular weight is 247 g/mol. The van der Waals surface area contributed by atoms with E-state index in [1.54, 1.807) is 0 Å². The van der Waals surface area contributed by atoms with Gasteiger partial charge in [0.2, 0.25) is 6.79 Å². The van der Waals surface area contributed by atoms with E-state index in [0.717, 1.165) is 23.5 Å². The molecule has 94 valence electrons. The molecule has 0 saturated heterocycles. The van der Waals surface area contributed by atoms with E-state index in [4.69, 9.17) is 20.9 Å². The zero-order valence-electron chi connectivity index (χ0n) is 9.63. The van der Waals surface area contributed by atoms with Crippen molar-refractivity contribution < 1.29 is 14.3 Å². The molecule has 0 radical (unpaired) electrons. The highest BCUT2D eigenvalue weighted by molar-refractivity contribution is 5.94. The quantitative estimate of drug-likeness (QED) is 0.579. The van der Waals surface area contributed by atoms with Crippen LogP contribution in [0.25, 0.3) is 0 Å². The molecule has 1 unspecified atom stereocenters. The SMILES string of the molecule is NC(N)=NC(=O)C1C[C@@H]1c1cccc2c1OCO2. The summed E-state index contributed by atoms with van der Waals surface area (Å²) in [5, 5.41) is 0. The van der Waals surface area contributed by atoms with Crippen LogP contribution in [0.5, 0.6) is 11.5 Å². The maximum atomic E-state index is 11.7. The number of amides is 1. The molecule has 1 aromatic rings. The van der Waals surface area contributed by atoms with Gasteiger partial charge in [-0.2, -0.15) is 4.99 Å². The number of hydrogen-bond acceptors (Lipinski definition) is 3. The van der Waals surface area contributed by atoms with E-state index in [1.165, 1.54) is 0 Å². The third-order valence-corrected chi connectivity index (χ3v) is 3.17. The van der Waals surface area contributed by atoms with Gasteiger partial charge in [0, 0.05) is 17.4 Å². The maximum Gasteiger partial charge on any atom is 0.252 e. The van der Waals surface area contributed by atoms with Gasteiger partial charge in [-0.1, -0.05) is 12.1 Å². The summed E-state index contributed by atoms with van der Waals surface area (Å²) < 4.78 is 10.7. The van der Waals surface area contributed by atoms with E-state index in [2.05, 4.69) is 4.99 Å². The number of para-hydroxylation sites is 1. The van der Waals surface area contributed by atoms with Crippen molar-refractivity contribution in [1.82, 2.24) is 0 Å². The number of hydrogen-bond donors (Lipinski definition) is 2. The summed E-state index contributed by atoms with van der Waals surface area (Å²) in [5.41, 5.74) is 11.4. The van der Waals surface area contributed by atoms with Gasteiger partial charge in [-0.25, -0.2) is 0 Å². The molecule has 4 N–H and O–H groups in total. The zero-order valence-corrected chi connectivity index (χ0v) is 9.63. The molecule has 6 nitrogen and oxygen atoms in total. The maximum absolute atomic E-state index is 11.7. The van der Waals surface area contributed by atoms with E-state index in [1.807, 2.05) is 18.2 Å². The molecule has 0 aromatic heterocycles. The van der Waals surface area contributed by atoms with Crippen LogP contribution in [0.4, 0.5) is 0 Å². The Labute approximate surface area is 104 Å². The van der Waals surface area contributed by atoms with Crippen LogP contribution in [0.3, 0.4) is 0 Å². The first-order valence-corrected chi connectivity index (χ1v) is 5.69. The summed E-state index contributed by atoms with van der Waals surface area (Å²) >= 11 is 0. The lowest BCUT2D eigenvalue weighted by atomic mass is 10.1. The fourth-order valence-corrected chi connectivity index (χ4v) is 2.27. The molecular formula is C12H13N3O3. The van der Waals surface area contributed by atoms with Gasteiger partial charge in [-0.15, -0.1) is 0 Å². The van der Waals surface area contributed by atoms with Crippen molar-refractivity contribution in [1.29, 1.82) is 0 Å². The van der Waals surface area contributed by atoms with Gasteiger partial charge >= 0.3 is 0 Å². The second-order valence-corrected chi connectivity index (χ2v) is 4.40. The topological polar surface area (TPSA) is 99.9 Å². The summed E-state index contributed by atoms with van der Waals surface area (Å²) in [6, 6.07) is 5.69. The number of aliphatic imine (C=N–C) groups is 1. The lowest BCUT2D eigenvalue weighted by Crippen LogP contribution is -2.24. The van der Waals surface area contributed by atoms with E-state index in [9.17, 15) is 4.79 Å². The molecule has 1 amide bonds. The normalized spacial score (nSPS) is 23.6. The van der Waals surface area contributed by atoms with Crippen molar-refractivity contribution in [2.45, 2.75) is 12.3 Å². The predicted octanol–water partition coefficient (Wildman–Crippen LogP) is 0.319. The molecular weight excluding hydrogens is 234 g/mol. The van der Waals surface area contributed by atoms with Crippen LogP contribution in [-0.2, 0) is 4.79 Å². The Morgan fingerprint density at radius 1 is 1.33 bits per heavy atom. The molecule has 1 heterocycles. The molecule has 6 heteroatoms. The second-order valence-electron chi connectivity index (χ2n) is 4.40. The Hall–Kier alpha value is -2.24. The summed E-state index contributed by atoms with van der Waals surface area (Å²) in [6.07, 6.45) is 0.745. The number of rotatable bonds is 2. The van der Waals surface area contributed by atoms with Gasteiger partial charge in [0.15, 0.2) is 17.5 Å². The molecule has 2 aliphatic rings. The number of carbonyl (C=O) groups is 1. The van der Waals surface area contributed by atoms with Crippen molar-refractivity contribution in [3.63, 3.8) is 0 Å². The minimum atomic E-state index is -0.267. The average Bonchev–Trinajstić information content (AvgIpc) is 2.97. The summed E-state index contributed by atoms with van der Waals surface area (Å²) in [5.74, 6) is 0.982. The summed E-state index contributed by atoms with van der Waals surface area (Å²) in [6.45, 7) is 0.228. The first-order chi connectivity index (χ1) is 8.66. The largest absolute Gasteiger partial charge is 0.454 e. The van der Waals surface area contributed by atoms with E-state index in [0.29, 0.717) is 0 Å². The minimum absolute atomic E-state index is 0.122. The lowest BCUT2D eigenvalue weighted by molar-refractivity contribution is -0.119. The number of guanidine groups is 1. The highest BCUT2D eigenvalue weighted by atomic mass is 16.7. The second kappa shape index (κ2) is 3.90. The molecule has 2 atom stereocenters. The Kier molecular flexibility index (Phi) is 2.36. The molecule has 1 saturated carbocycles. The van der Waals surface area contributed by atoms with Crippen LogP contribution < -0.4 is 20.9 Å². The van der Waals surface area contributed by atoms with Crippen molar-refractivity contribution in [2.24, 2.45) is 22.4 Å². The van der Waals surface area contributed by atoms with E-state index in [-0.39, 0.29) is 30.5 Å². The molecule has 18 heavy (non-hydrogen) atoms. The number of carbonyl (C=O) groups excluding carboxylic acids is 1. The molecule has 3 rings (SSSR count). The minimum Gasteiger partial charge on any atom is -0.454 e. The highest BCUT2D eigenvalue weighted by Gasteiger charge is 2.46. The van der Waals surface area contributed by atoms with Crippen molar-refractivity contribution >= 4 is 11.9 Å². The van der Waals surface area contributed by atoms with Crippen LogP contribution in [-0.4, -0.2) is 18.7 Å². The smallest absolute Gasteiger partial charge is 0.252 e. The molecule has 0 spiro atoms. The zero-order chi connectivity index (χ0) is 12.7. The third-order valence-electron chi connectivity index (χ3n) is 3.17. The monoisotopic (exact) mass is 247 g/mol. The molecule has 1 aliphatic heterocycles. The fraction of sp³-hybridized carbons (Fsp3) is 0.333. The van der Waals surface area contributed by atoms with Crippen molar-refractivity contribution in [3.05, 3.63) is 23.8 Å². The Morgan fingerprint density at radius 3 is 2.94 bits per heavy atom. The standard InChI is InChI=1S/C12H13N3O3/c13-12(14)15-11(16)8-4-7(8)6-2-1-3-9-10(6)18-5-17-9/h1-3,7-8H,4-5H2,(H4,13,14,15,16)/t7-,8?/m1/s1. The summed E-state index contributed by atoms with van der Waals surface area (Å²) in [7, 11) is 0. The third kappa shape index (κ3) is 1.75. The van der Waals surface area contributed by atoms with Crippen LogP contribution in [0.1, 0.15) is 17.9 Å². The number of nitrogens with two attached hydrogens (primary N) is 2. The van der Waals surface area contributed by atoms with Crippen LogP contribution in [0.15, 0.2) is 23.2 Å². The summed E-state index contributed by atoms with van der Waals surface area (Å²) in [4.78, 5) is 15.3. The molecule has 1 aromatic carbocycles. The van der Waals surface area contributed by atoms with Crippen LogP contribution >= 0.6 is 0 Å². The van der Waals surface area contributed by atoms with E-state index < -0.39 is 0 Å². The van der Waals surface area contributed by atoms with Gasteiger partial charge in [-0.3, -0.25) is 4.79 Å². The van der Waals surface area contributed by atoms with Gasteiger partial charge in [-0.05, 0) is 12.5 Å². The molecule has 0 bridgehead atoms. The number of benzene rings is 1. The molecule has 1 aliphatic carbocycles. The van der Waals surface area contributed by atoms with Gasteiger partial charge in [0.05, 0.1) is 0 Å². The number of fused-ring (bicyclic) bond motifs is 1. The number of ether oxygens (including phenoxy) is 2. The Balaban J connectivity index is 1.81. The first-order valence-electron chi connectivity index (χ1n) is 5.69. The predicted molar refractivity (Wildman–Crippen MR) is 64.2 cm³/mol. The van der Waals surface area contributed by atoms with Crippen LogP contribution in [0.2, 0.25) is 0 Å². The fourth-order valence-electron chi connectivity index (χ4n) is 2.27. The number of nitrogens with zero attached hydrogens (tertiary/aromatic N) is 1. The van der Waals surface area contributed by atoms with Crippen LogP contribution in [0, 0.1) is 5.92 Å². The van der Waals surface area contributed by atoms with Crippen molar-refractivity contribution in [3.8, 4) is 11.5 Å². The Bertz CT molecular complexity index is 537. The van der Waals surface area contributed by atoms with Crippen molar-refractivity contribution in [2.75, 3.05) is 6.79 Å². The molecule has 1 fully saturated rings. The van der Waals surface area contributed by atoms with Gasteiger partial charge in [0.25, 0.3) is 5.91 Å².